The van der Waals surface area contributed by atoms with E-state index in [1.54, 1.807) is 13.8 Å². The quantitative estimate of drug-likeness (QED) is 0.723. The molecular weight excluding hydrogens is 248 g/mol. The van der Waals surface area contributed by atoms with Crippen molar-refractivity contribution >= 4 is 11.9 Å². The number of aliphatic carboxylic acids is 1. The van der Waals surface area contributed by atoms with E-state index in [0.29, 0.717) is 12.8 Å². The second kappa shape index (κ2) is 6.17. The summed E-state index contributed by atoms with van der Waals surface area (Å²) in [6, 6.07) is 2.86. The zero-order valence-corrected chi connectivity index (χ0v) is 11.0. The van der Waals surface area contributed by atoms with Crippen LogP contribution in [0.15, 0.2) is 18.3 Å². The number of amides is 1. The van der Waals surface area contributed by atoms with E-state index in [1.807, 2.05) is 0 Å². The largest absolute Gasteiger partial charge is 0.505 e. The minimum absolute atomic E-state index is 0.00415. The fraction of sp³-hybridized carbons (Fsp3) is 0.462. The molecule has 0 saturated carbocycles. The van der Waals surface area contributed by atoms with Crippen LogP contribution in [-0.2, 0) is 4.79 Å². The van der Waals surface area contributed by atoms with Gasteiger partial charge < -0.3 is 15.5 Å². The predicted molar refractivity (Wildman–Crippen MR) is 68.9 cm³/mol. The van der Waals surface area contributed by atoms with Crippen LogP contribution in [0.4, 0.5) is 0 Å². The van der Waals surface area contributed by atoms with Crippen LogP contribution in [0.25, 0.3) is 0 Å². The number of hydrogen-bond acceptors (Lipinski definition) is 4. The highest BCUT2D eigenvalue weighted by atomic mass is 16.4. The maximum absolute atomic E-state index is 11.8. The number of nitrogens with one attached hydrogen (secondary N) is 1. The van der Waals surface area contributed by atoms with E-state index in [2.05, 4.69) is 10.3 Å². The molecule has 104 valence electrons. The summed E-state index contributed by atoms with van der Waals surface area (Å²) in [6.07, 6.45) is 2.21. The Labute approximate surface area is 111 Å². The van der Waals surface area contributed by atoms with Crippen LogP contribution in [0.3, 0.4) is 0 Å². The van der Waals surface area contributed by atoms with Crippen molar-refractivity contribution in [3.05, 3.63) is 24.0 Å². The summed E-state index contributed by atoms with van der Waals surface area (Å²) in [6.45, 7) is 3.54. The number of carbonyl (C=O) groups is 2. The third-order valence-electron chi connectivity index (χ3n) is 3.40. The van der Waals surface area contributed by atoms with Gasteiger partial charge in [-0.15, -0.1) is 0 Å². The van der Waals surface area contributed by atoms with Gasteiger partial charge in [0.25, 0.3) is 5.91 Å². The summed E-state index contributed by atoms with van der Waals surface area (Å²) in [5, 5.41) is 21.3. The van der Waals surface area contributed by atoms with Gasteiger partial charge in [-0.3, -0.25) is 9.59 Å². The lowest BCUT2D eigenvalue weighted by Gasteiger charge is -2.26. The molecule has 6 nitrogen and oxygen atoms in total. The van der Waals surface area contributed by atoms with Crippen LogP contribution < -0.4 is 5.32 Å². The molecule has 1 rings (SSSR count). The van der Waals surface area contributed by atoms with Crippen LogP contribution in [-0.4, -0.2) is 33.6 Å². The van der Waals surface area contributed by atoms with Gasteiger partial charge in [-0.1, -0.05) is 13.8 Å². The standard InChI is InChI=1S/C13H18N2O4/c1-3-13(4-2,12(18)19)8-15-11(17)10-9(16)6-5-7-14-10/h5-7,16H,3-4,8H2,1-2H3,(H,15,17)(H,18,19). The Morgan fingerprint density at radius 2 is 2.00 bits per heavy atom. The molecule has 0 saturated heterocycles. The van der Waals surface area contributed by atoms with Gasteiger partial charge in [0.1, 0.15) is 5.75 Å². The summed E-state index contributed by atoms with van der Waals surface area (Å²) in [5.41, 5.74) is -1.09. The molecule has 0 radical (unpaired) electrons. The number of nitrogens with zero attached hydrogens (tertiary/aromatic N) is 1. The molecule has 3 N–H and O–H groups in total. The second-order valence-electron chi connectivity index (χ2n) is 4.35. The molecule has 0 bridgehead atoms. The monoisotopic (exact) mass is 266 g/mol. The van der Waals surface area contributed by atoms with Crippen molar-refractivity contribution in [2.24, 2.45) is 5.41 Å². The Morgan fingerprint density at radius 1 is 1.37 bits per heavy atom. The third kappa shape index (κ3) is 3.21. The molecule has 0 aliphatic heterocycles. The number of hydrogen-bond donors (Lipinski definition) is 3. The van der Waals surface area contributed by atoms with Crippen molar-refractivity contribution < 1.29 is 19.8 Å². The number of aromatic nitrogens is 1. The number of carboxylic acids is 1. The maximum Gasteiger partial charge on any atom is 0.311 e. The Bertz CT molecular complexity index is 469. The minimum Gasteiger partial charge on any atom is -0.505 e. The Morgan fingerprint density at radius 3 is 2.47 bits per heavy atom. The molecule has 0 atom stereocenters. The zero-order valence-electron chi connectivity index (χ0n) is 11.0. The first-order chi connectivity index (χ1) is 8.96. The van der Waals surface area contributed by atoms with Gasteiger partial charge in [0.2, 0.25) is 0 Å². The van der Waals surface area contributed by atoms with Gasteiger partial charge >= 0.3 is 5.97 Å². The molecule has 0 aliphatic rings. The van der Waals surface area contributed by atoms with Crippen LogP contribution in [0.5, 0.6) is 5.75 Å². The molecule has 6 heteroatoms. The zero-order chi connectivity index (χ0) is 14.5. The Balaban J connectivity index is 2.79. The highest BCUT2D eigenvalue weighted by Gasteiger charge is 2.35. The van der Waals surface area contributed by atoms with Crippen LogP contribution in [0, 0.1) is 5.41 Å². The van der Waals surface area contributed by atoms with Gasteiger partial charge in [-0.2, -0.15) is 0 Å². The lowest BCUT2D eigenvalue weighted by molar-refractivity contribution is -0.149. The van der Waals surface area contributed by atoms with Crippen molar-refractivity contribution in [2.75, 3.05) is 6.54 Å². The second-order valence-corrected chi connectivity index (χ2v) is 4.35. The van der Waals surface area contributed by atoms with Gasteiger partial charge in [0.15, 0.2) is 5.69 Å². The average molecular weight is 266 g/mol. The number of rotatable bonds is 6. The summed E-state index contributed by atoms with van der Waals surface area (Å²) >= 11 is 0. The highest BCUT2D eigenvalue weighted by Crippen LogP contribution is 2.26. The molecule has 1 aromatic heterocycles. The first kappa shape index (κ1) is 14.9. The van der Waals surface area contributed by atoms with E-state index in [1.165, 1.54) is 18.3 Å². The Hall–Kier alpha value is -2.11. The molecule has 0 aromatic carbocycles. The maximum atomic E-state index is 11.8. The number of pyridine rings is 1. The van der Waals surface area contributed by atoms with E-state index in [-0.39, 0.29) is 18.0 Å². The van der Waals surface area contributed by atoms with E-state index < -0.39 is 17.3 Å². The van der Waals surface area contributed by atoms with Crippen molar-refractivity contribution in [2.45, 2.75) is 26.7 Å². The first-order valence-electron chi connectivity index (χ1n) is 6.12. The van der Waals surface area contributed by atoms with Crippen molar-refractivity contribution in [1.29, 1.82) is 0 Å². The fourth-order valence-corrected chi connectivity index (χ4v) is 1.78. The van der Waals surface area contributed by atoms with Gasteiger partial charge in [-0.05, 0) is 25.0 Å². The van der Waals surface area contributed by atoms with E-state index >= 15 is 0 Å². The highest BCUT2D eigenvalue weighted by molar-refractivity contribution is 5.95. The number of carbonyl (C=O) groups excluding carboxylic acids is 1. The van der Waals surface area contributed by atoms with Crippen molar-refractivity contribution in [1.82, 2.24) is 10.3 Å². The molecule has 0 fully saturated rings. The molecule has 1 heterocycles. The van der Waals surface area contributed by atoms with Gasteiger partial charge in [0, 0.05) is 12.7 Å². The SMILES string of the molecule is CCC(CC)(CNC(=O)c1ncccc1O)C(=O)O. The number of aromatic hydroxyl groups is 1. The lowest BCUT2D eigenvalue weighted by Crippen LogP contribution is -2.42. The lowest BCUT2D eigenvalue weighted by atomic mass is 9.82. The molecule has 0 aliphatic carbocycles. The van der Waals surface area contributed by atoms with Crippen LogP contribution >= 0.6 is 0 Å². The van der Waals surface area contributed by atoms with Gasteiger partial charge in [0.05, 0.1) is 5.41 Å². The smallest absolute Gasteiger partial charge is 0.311 e. The summed E-state index contributed by atoms with van der Waals surface area (Å²) in [5.74, 6) is -1.75. The molecule has 1 amide bonds. The van der Waals surface area contributed by atoms with E-state index in [4.69, 9.17) is 0 Å². The van der Waals surface area contributed by atoms with Crippen molar-refractivity contribution in [3.8, 4) is 5.75 Å². The van der Waals surface area contributed by atoms with E-state index in [0.717, 1.165) is 0 Å². The third-order valence-corrected chi connectivity index (χ3v) is 3.40. The topological polar surface area (TPSA) is 99.5 Å². The summed E-state index contributed by atoms with van der Waals surface area (Å²) < 4.78 is 0. The molecule has 1 aromatic rings. The van der Waals surface area contributed by atoms with Crippen molar-refractivity contribution in [3.63, 3.8) is 0 Å². The fourth-order valence-electron chi connectivity index (χ4n) is 1.78. The molecule has 19 heavy (non-hydrogen) atoms. The molecule has 0 unspecified atom stereocenters. The molecular formula is C13H18N2O4. The Kier molecular flexibility index (Phi) is 4.86. The molecule has 0 spiro atoms. The van der Waals surface area contributed by atoms with E-state index in [9.17, 15) is 19.8 Å². The predicted octanol–water partition coefficient (Wildman–Crippen LogP) is 1.41. The average Bonchev–Trinajstić information content (AvgIpc) is 2.40. The summed E-state index contributed by atoms with van der Waals surface area (Å²) in [4.78, 5) is 26.9. The van der Waals surface area contributed by atoms with Crippen LogP contribution in [0.1, 0.15) is 37.2 Å². The normalized spacial score (nSPS) is 11.1. The van der Waals surface area contributed by atoms with Crippen LogP contribution in [0.2, 0.25) is 0 Å². The summed E-state index contributed by atoms with van der Waals surface area (Å²) in [7, 11) is 0. The minimum atomic E-state index is -0.986. The number of carboxylic acid groups (broad SMARTS) is 1. The first-order valence-corrected chi connectivity index (χ1v) is 6.12. The van der Waals surface area contributed by atoms with Gasteiger partial charge in [-0.25, -0.2) is 4.98 Å².